The third-order valence-electron chi connectivity index (χ3n) is 4.79. The van der Waals surface area contributed by atoms with Crippen molar-refractivity contribution >= 4 is 17.5 Å². The second-order valence-electron chi connectivity index (χ2n) is 5.66. The van der Waals surface area contributed by atoms with Crippen molar-refractivity contribution in [1.29, 1.82) is 0 Å². The van der Waals surface area contributed by atoms with Crippen LogP contribution in [-0.2, 0) is 4.79 Å². The maximum Gasteiger partial charge on any atom is 0.227 e. The van der Waals surface area contributed by atoms with Gasteiger partial charge in [-0.05, 0) is 42.9 Å². The molecule has 0 heterocycles. The number of nitrogens with two attached hydrogens (primary N) is 1. The van der Waals surface area contributed by atoms with Gasteiger partial charge in [0.15, 0.2) is 0 Å². The molecule has 1 saturated carbocycles. The summed E-state index contributed by atoms with van der Waals surface area (Å²) in [5.74, 6) is 0.574. The lowest BCUT2D eigenvalue weighted by Crippen LogP contribution is -2.53. The minimum atomic E-state index is -0.497. The molecule has 1 aliphatic carbocycles. The number of halogens is 1. The average molecular weight is 295 g/mol. The predicted molar refractivity (Wildman–Crippen MR) is 82.3 cm³/mol. The highest BCUT2D eigenvalue weighted by Gasteiger charge is 2.50. The van der Waals surface area contributed by atoms with Crippen molar-refractivity contribution in [2.24, 2.45) is 17.1 Å². The van der Waals surface area contributed by atoms with E-state index in [1.807, 2.05) is 12.1 Å². The van der Waals surface area contributed by atoms with Gasteiger partial charge in [-0.25, -0.2) is 0 Å². The number of carbonyl (C=O) groups excluding carboxylic acids is 1. The summed E-state index contributed by atoms with van der Waals surface area (Å²) in [5, 5.41) is 3.59. The lowest BCUT2D eigenvalue weighted by atomic mass is 9.57. The lowest BCUT2D eigenvalue weighted by Gasteiger charge is -2.48. The molecule has 1 fully saturated rings. The van der Waals surface area contributed by atoms with E-state index in [0.717, 1.165) is 31.2 Å². The monoisotopic (exact) mass is 294 g/mol. The van der Waals surface area contributed by atoms with Crippen LogP contribution in [0.1, 0.15) is 51.3 Å². The summed E-state index contributed by atoms with van der Waals surface area (Å²) in [5.41, 5.74) is 6.71. The molecule has 2 rings (SSSR count). The van der Waals surface area contributed by atoms with E-state index >= 15 is 0 Å². The molecule has 1 amide bonds. The number of rotatable bonds is 5. The molecule has 1 aromatic carbocycles. The summed E-state index contributed by atoms with van der Waals surface area (Å²) < 4.78 is 0. The van der Waals surface area contributed by atoms with Crippen molar-refractivity contribution < 1.29 is 4.79 Å². The Morgan fingerprint density at radius 1 is 1.55 bits per heavy atom. The molecule has 1 aromatic rings. The van der Waals surface area contributed by atoms with Gasteiger partial charge in [-0.1, -0.05) is 44.0 Å². The fourth-order valence-electron chi connectivity index (χ4n) is 3.29. The zero-order valence-corrected chi connectivity index (χ0v) is 12.9. The van der Waals surface area contributed by atoms with Gasteiger partial charge in [-0.15, -0.1) is 0 Å². The molecule has 0 aliphatic heterocycles. The molecule has 3 nitrogen and oxygen atoms in total. The van der Waals surface area contributed by atoms with Gasteiger partial charge < -0.3 is 11.1 Å². The molecule has 110 valence electrons. The summed E-state index contributed by atoms with van der Waals surface area (Å²) in [4.78, 5) is 12.6. The van der Waals surface area contributed by atoms with Crippen LogP contribution in [0.5, 0.6) is 0 Å². The Morgan fingerprint density at radius 2 is 2.30 bits per heavy atom. The van der Waals surface area contributed by atoms with Crippen LogP contribution in [0.3, 0.4) is 0 Å². The molecule has 1 aliphatic rings. The van der Waals surface area contributed by atoms with Gasteiger partial charge in [-0.2, -0.15) is 0 Å². The molecule has 4 heteroatoms. The minimum absolute atomic E-state index is 0.0885. The number of hydrogen-bond donors (Lipinski definition) is 2. The molecule has 0 aromatic heterocycles. The van der Waals surface area contributed by atoms with Gasteiger partial charge >= 0.3 is 0 Å². The Kier molecular flexibility index (Phi) is 4.71. The maximum atomic E-state index is 12.6. The van der Waals surface area contributed by atoms with Gasteiger partial charge in [0.2, 0.25) is 5.91 Å². The summed E-state index contributed by atoms with van der Waals surface area (Å²) in [6, 6.07) is 7.32. The molecule has 20 heavy (non-hydrogen) atoms. The molecular weight excluding hydrogens is 272 g/mol. The normalized spacial score (nSPS) is 26.7. The second-order valence-corrected chi connectivity index (χ2v) is 6.10. The predicted octanol–water partition coefficient (Wildman–Crippen LogP) is 3.63. The number of amides is 1. The van der Waals surface area contributed by atoms with Crippen molar-refractivity contribution in [3.05, 3.63) is 34.9 Å². The van der Waals surface area contributed by atoms with Crippen LogP contribution >= 0.6 is 11.6 Å². The first-order chi connectivity index (χ1) is 9.53. The Bertz CT molecular complexity index is 485. The molecule has 0 saturated heterocycles. The Labute approximate surface area is 125 Å². The molecule has 3 unspecified atom stereocenters. The Balaban J connectivity index is 2.07. The fourth-order valence-corrected chi connectivity index (χ4v) is 3.48. The van der Waals surface area contributed by atoms with Gasteiger partial charge in [-0.3, -0.25) is 4.79 Å². The van der Waals surface area contributed by atoms with Gasteiger partial charge in [0.1, 0.15) is 6.17 Å². The Hall–Kier alpha value is -1.06. The van der Waals surface area contributed by atoms with Crippen LogP contribution in [0.25, 0.3) is 0 Å². The molecule has 0 spiro atoms. The van der Waals surface area contributed by atoms with E-state index in [4.69, 9.17) is 17.3 Å². The van der Waals surface area contributed by atoms with Crippen LogP contribution < -0.4 is 11.1 Å². The van der Waals surface area contributed by atoms with Gasteiger partial charge in [0, 0.05) is 5.02 Å². The quantitative estimate of drug-likeness (QED) is 0.815. The molecule has 0 radical (unpaired) electrons. The largest absolute Gasteiger partial charge is 0.336 e. The number of benzene rings is 1. The van der Waals surface area contributed by atoms with E-state index in [2.05, 4.69) is 19.2 Å². The summed E-state index contributed by atoms with van der Waals surface area (Å²) in [6.45, 7) is 4.24. The highest BCUT2D eigenvalue weighted by atomic mass is 35.5. The summed E-state index contributed by atoms with van der Waals surface area (Å²) in [7, 11) is 0. The first kappa shape index (κ1) is 15.3. The van der Waals surface area contributed by atoms with Crippen molar-refractivity contribution in [3.63, 3.8) is 0 Å². The van der Waals surface area contributed by atoms with Gasteiger partial charge in [0.05, 0.1) is 5.41 Å². The highest BCUT2D eigenvalue weighted by molar-refractivity contribution is 6.30. The smallest absolute Gasteiger partial charge is 0.227 e. The molecule has 3 N–H and O–H groups in total. The van der Waals surface area contributed by atoms with Crippen molar-refractivity contribution in [1.82, 2.24) is 5.32 Å². The second kappa shape index (κ2) is 6.15. The van der Waals surface area contributed by atoms with E-state index in [0.29, 0.717) is 10.9 Å². The van der Waals surface area contributed by atoms with E-state index in [9.17, 15) is 4.79 Å². The lowest BCUT2D eigenvalue weighted by molar-refractivity contribution is -0.143. The molecule has 3 atom stereocenters. The maximum absolute atomic E-state index is 12.6. The van der Waals surface area contributed by atoms with Crippen molar-refractivity contribution in [2.45, 2.75) is 45.7 Å². The molecular formula is C16H23ClN2O. The topological polar surface area (TPSA) is 55.1 Å². The van der Waals surface area contributed by atoms with Crippen molar-refractivity contribution in [3.8, 4) is 0 Å². The highest BCUT2D eigenvalue weighted by Crippen LogP contribution is 2.51. The van der Waals surface area contributed by atoms with Crippen molar-refractivity contribution in [2.75, 3.05) is 0 Å². The average Bonchev–Trinajstić information content (AvgIpc) is 2.39. The number of hydrogen-bond acceptors (Lipinski definition) is 2. The zero-order chi connectivity index (χ0) is 14.8. The van der Waals surface area contributed by atoms with E-state index in [1.165, 1.54) is 0 Å². The van der Waals surface area contributed by atoms with Crippen LogP contribution in [0.4, 0.5) is 0 Å². The van der Waals surface area contributed by atoms with E-state index in [1.54, 1.807) is 12.1 Å². The third-order valence-corrected chi connectivity index (χ3v) is 5.03. The first-order valence-electron chi connectivity index (χ1n) is 7.35. The van der Waals surface area contributed by atoms with Crippen LogP contribution in [0.2, 0.25) is 5.02 Å². The summed E-state index contributed by atoms with van der Waals surface area (Å²) >= 11 is 5.96. The van der Waals surface area contributed by atoms with Crippen LogP contribution in [-0.4, -0.2) is 5.91 Å². The number of carbonyl (C=O) groups is 1. The number of nitrogens with one attached hydrogen (secondary N) is 1. The molecule has 0 bridgehead atoms. The van der Waals surface area contributed by atoms with E-state index < -0.39 is 6.17 Å². The van der Waals surface area contributed by atoms with Gasteiger partial charge in [0.25, 0.3) is 0 Å². The first-order valence-corrected chi connectivity index (χ1v) is 7.73. The third kappa shape index (κ3) is 2.70. The minimum Gasteiger partial charge on any atom is -0.336 e. The van der Waals surface area contributed by atoms with E-state index in [-0.39, 0.29) is 11.3 Å². The van der Waals surface area contributed by atoms with Crippen LogP contribution in [0, 0.1) is 11.3 Å². The SMILES string of the molecule is CCC1CCC1(CC)C(=O)NC(N)c1cccc(Cl)c1. The van der Waals surface area contributed by atoms with Crippen LogP contribution in [0.15, 0.2) is 24.3 Å². The standard InChI is InChI=1S/C16H23ClN2O/c1-3-12-8-9-16(12,4-2)15(20)19-14(18)11-6-5-7-13(17)10-11/h5-7,10,12,14H,3-4,8-9,18H2,1-2H3,(H,19,20). The fraction of sp³-hybridized carbons (Fsp3) is 0.562. The summed E-state index contributed by atoms with van der Waals surface area (Å²) in [6.07, 6.45) is 3.54. The Morgan fingerprint density at radius 3 is 2.80 bits per heavy atom. The zero-order valence-electron chi connectivity index (χ0n) is 12.2.